The van der Waals surface area contributed by atoms with Crippen LogP contribution in [0.25, 0.3) is 16.9 Å². The zero-order chi connectivity index (χ0) is 23.8. The second-order valence-electron chi connectivity index (χ2n) is 8.18. The first kappa shape index (κ1) is 21.6. The van der Waals surface area contributed by atoms with Gasteiger partial charge in [0.1, 0.15) is 17.3 Å². The summed E-state index contributed by atoms with van der Waals surface area (Å²) in [6.07, 6.45) is 6.66. The largest absolute Gasteiger partial charge is 0.453 e. The molecule has 1 fully saturated rings. The topological polar surface area (TPSA) is 88.8 Å². The van der Waals surface area contributed by atoms with E-state index in [2.05, 4.69) is 20.0 Å². The van der Waals surface area contributed by atoms with Crippen molar-refractivity contribution in [1.82, 2.24) is 14.4 Å². The fraction of sp³-hybridized carbons (Fsp3) is 0.200. The maximum absolute atomic E-state index is 13.3. The van der Waals surface area contributed by atoms with Gasteiger partial charge in [-0.3, -0.25) is 14.5 Å². The Kier molecular flexibility index (Phi) is 5.45. The maximum atomic E-state index is 13.3. The molecule has 0 aliphatic heterocycles. The summed E-state index contributed by atoms with van der Waals surface area (Å²) in [4.78, 5) is 35.2. The molecule has 5 rings (SSSR count). The Morgan fingerprint density at radius 2 is 1.88 bits per heavy atom. The van der Waals surface area contributed by atoms with E-state index in [1.807, 2.05) is 16.5 Å². The molecule has 0 bridgehead atoms. The lowest BCUT2D eigenvalue weighted by Gasteiger charge is -2.18. The van der Waals surface area contributed by atoms with Crippen molar-refractivity contribution in [3.8, 4) is 11.3 Å². The van der Waals surface area contributed by atoms with Crippen LogP contribution in [0.4, 0.5) is 20.7 Å². The Hall–Kier alpha value is -4.27. The third-order valence-corrected chi connectivity index (χ3v) is 5.89. The van der Waals surface area contributed by atoms with Crippen LogP contribution >= 0.6 is 0 Å². The van der Waals surface area contributed by atoms with Crippen LogP contribution in [0.5, 0.6) is 0 Å². The van der Waals surface area contributed by atoms with E-state index in [0.29, 0.717) is 23.0 Å². The maximum Gasteiger partial charge on any atom is 0.412 e. The molecule has 1 saturated carbocycles. The molecule has 1 aliphatic rings. The first-order valence-corrected chi connectivity index (χ1v) is 10.8. The first-order valence-electron chi connectivity index (χ1n) is 10.8. The second-order valence-corrected chi connectivity index (χ2v) is 8.18. The van der Waals surface area contributed by atoms with Gasteiger partial charge in [-0.15, -0.1) is 0 Å². The molecule has 1 N–H and O–H groups in total. The molecule has 0 spiro atoms. The number of rotatable bonds is 5. The van der Waals surface area contributed by atoms with Crippen molar-refractivity contribution < 1.29 is 18.7 Å². The summed E-state index contributed by atoms with van der Waals surface area (Å²) < 4.78 is 19.8. The average Bonchev–Trinajstić information content (AvgIpc) is 3.62. The Bertz CT molecular complexity index is 1380. The molecular weight excluding hydrogens is 437 g/mol. The molecule has 172 valence electrons. The van der Waals surface area contributed by atoms with Crippen LogP contribution in [0, 0.1) is 5.82 Å². The van der Waals surface area contributed by atoms with Crippen molar-refractivity contribution in [2.75, 3.05) is 24.4 Å². The van der Waals surface area contributed by atoms with Crippen LogP contribution in [0.15, 0.2) is 61.1 Å². The van der Waals surface area contributed by atoms with Crippen molar-refractivity contribution in [1.29, 1.82) is 0 Å². The summed E-state index contributed by atoms with van der Waals surface area (Å²) >= 11 is 0. The SMILES string of the molecule is COC(=O)Nc1ccc(-c2cnc3c(C4CC4)cc(C(=O)N(C)c4ccc(F)cc4)cn23)cn1. The zero-order valence-corrected chi connectivity index (χ0v) is 18.7. The molecule has 3 aromatic heterocycles. The minimum atomic E-state index is -0.599. The number of hydrogen-bond acceptors (Lipinski definition) is 5. The van der Waals surface area contributed by atoms with Crippen molar-refractivity contribution in [2.24, 2.45) is 0 Å². The Morgan fingerprint density at radius 3 is 2.53 bits per heavy atom. The molecule has 34 heavy (non-hydrogen) atoms. The van der Waals surface area contributed by atoms with E-state index in [4.69, 9.17) is 0 Å². The number of hydrogen-bond donors (Lipinski definition) is 1. The van der Waals surface area contributed by atoms with Crippen LogP contribution < -0.4 is 10.2 Å². The number of halogens is 1. The third-order valence-electron chi connectivity index (χ3n) is 5.89. The van der Waals surface area contributed by atoms with Gasteiger partial charge in [-0.25, -0.2) is 19.2 Å². The van der Waals surface area contributed by atoms with Crippen LogP contribution in [-0.2, 0) is 4.74 Å². The van der Waals surface area contributed by atoms with Crippen molar-refractivity contribution in [3.05, 3.63) is 78.0 Å². The lowest BCUT2D eigenvalue weighted by atomic mass is 10.1. The minimum absolute atomic E-state index is 0.203. The van der Waals surface area contributed by atoms with Crippen LogP contribution in [0.2, 0.25) is 0 Å². The van der Waals surface area contributed by atoms with Gasteiger partial charge in [0.2, 0.25) is 0 Å². The van der Waals surface area contributed by atoms with Gasteiger partial charge in [-0.2, -0.15) is 0 Å². The number of aromatic nitrogens is 3. The summed E-state index contributed by atoms with van der Waals surface area (Å²) in [5.74, 6) is 0.170. The minimum Gasteiger partial charge on any atom is -0.453 e. The number of nitrogens with one attached hydrogen (secondary N) is 1. The summed E-state index contributed by atoms with van der Waals surface area (Å²) in [6, 6.07) is 11.2. The van der Waals surface area contributed by atoms with Gasteiger partial charge < -0.3 is 9.64 Å². The highest BCUT2D eigenvalue weighted by molar-refractivity contribution is 6.06. The normalized spacial score (nSPS) is 13.0. The smallest absolute Gasteiger partial charge is 0.412 e. The third kappa shape index (κ3) is 4.07. The molecule has 0 unspecified atom stereocenters. The fourth-order valence-electron chi connectivity index (χ4n) is 3.89. The molecule has 0 saturated heterocycles. The predicted molar refractivity (Wildman–Crippen MR) is 126 cm³/mol. The lowest BCUT2D eigenvalue weighted by molar-refractivity contribution is 0.0992. The first-order chi connectivity index (χ1) is 16.4. The summed E-state index contributed by atoms with van der Waals surface area (Å²) in [7, 11) is 2.95. The fourth-order valence-corrected chi connectivity index (χ4v) is 3.89. The summed E-state index contributed by atoms with van der Waals surface area (Å²) in [5.41, 5.74) is 4.49. The van der Waals surface area contributed by atoms with Crippen molar-refractivity contribution in [3.63, 3.8) is 0 Å². The Balaban J connectivity index is 1.53. The molecule has 9 heteroatoms. The molecule has 4 aromatic rings. The number of fused-ring (bicyclic) bond motifs is 1. The van der Waals surface area contributed by atoms with Gasteiger partial charge in [0.05, 0.1) is 24.6 Å². The predicted octanol–water partition coefficient (Wildman–Crippen LogP) is 4.87. The lowest BCUT2D eigenvalue weighted by Crippen LogP contribution is -2.26. The highest BCUT2D eigenvalue weighted by Crippen LogP contribution is 2.42. The molecule has 2 amide bonds. The average molecular weight is 459 g/mol. The standard InChI is InChI=1S/C25H22FN5O3/c1-30(19-8-6-18(26)7-9-19)24(32)17-11-20(15-3-4-15)23-28-13-21(31(23)14-17)16-5-10-22(27-12-16)29-25(33)34-2/h5-15H,3-4H2,1-2H3,(H,27,29,33). The molecule has 1 aromatic carbocycles. The van der Waals surface area contributed by atoms with Crippen LogP contribution in [0.3, 0.4) is 0 Å². The van der Waals surface area contributed by atoms with Crippen molar-refractivity contribution >= 4 is 29.2 Å². The molecule has 0 radical (unpaired) electrons. The Labute approximate surface area is 195 Å². The molecule has 1 aliphatic carbocycles. The summed E-state index contributed by atoms with van der Waals surface area (Å²) in [5, 5.41) is 2.52. The van der Waals surface area contributed by atoms with Gasteiger partial charge in [-0.1, -0.05) is 0 Å². The number of ether oxygens (including phenoxy) is 1. The Morgan fingerprint density at radius 1 is 1.12 bits per heavy atom. The highest BCUT2D eigenvalue weighted by atomic mass is 19.1. The van der Waals surface area contributed by atoms with Gasteiger partial charge in [0, 0.05) is 30.7 Å². The van der Waals surface area contributed by atoms with E-state index in [9.17, 15) is 14.0 Å². The number of carbonyl (C=O) groups excluding carboxylic acids is 2. The van der Waals surface area contributed by atoms with E-state index in [-0.39, 0.29) is 11.7 Å². The number of anilines is 2. The van der Waals surface area contributed by atoms with E-state index in [1.165, 1.54) is 24.1 Å². The number of imidazole rings is 1. The number of pyridine rings is 2. The van der Waals surface area contributed by atoms with Gasteiger partial charge >= 0.3 is 6.09 Å². The van der Waals surface area contributed by atoms with Crippen LogP contribution in [-0.4, -0.2) is 40.5 Å². The molecule has 8 nitrogen and oxygen atoms in total. The monoisotopic (exact) mass is 459 g/mol. The van der Waals surface area contributed by atoms with Gasteiger partial charge in [0.25, 0.3) is 5.91 Å². The number of benzene rings is 1. The van der Waals surface area contributed by atoms with E-state index >= 15 is 0 Å². The van der Waals surface area contributed by atoms with Crippen molar-refractivity contribution in [2.45, 2.75) is 18.8 Å². The zero-order valence-electron chi connectivity index (χ0n) is 18.7. The quantitative estimate of drug-likeness (QED) is 0.460. The number of amides is 2. The van der Waals surface area contributed by atoms with E-state index in [1.54, 1.807) is 43.8 Å². The highest BCUT2D eigenvalue weighted by Gasteiger charge is 2.29. The number of carbonyl (C=O) groups is 2. The molecule has 3 heterocycles. The van der Waals surface area contributed by atoms with Gasteiger partial charge in [-0.05, 0) is 66.8 Å². The van der Waals surface area contributed by atoms with E-state index in [0.717, 1.165) is 35.3 Å². The van der Waals surface area contributed by atoms with Crippen LogP contribution in [0.1, 0.15) is 34.7 Å². The van der Waals surface area contributed by atoms with E-state index < -0.39 is 6.09 Å². The second kappa shape index (κ2) is 8.58. The number of methoxy groups -OCH3 is 1. The van der Waals surface area contributed by atoms with Gasteiger partial charge in [0.15, 0.2) is 0 Å². The number of nitrogens with zero attached hydrogens (tertiary/aromatic N) is 4. The summed E-state index contributed by atoms with van der Waals surface area (Å²) in [6.45, 7) is 0. The molecular formula is C25H22FN5O3. The molecule has 0 atom stereocenters.